The first-order valence-electron chi connectivity index (χ1n) is 14.7. The number of carbonyl (C=O) groups is 4. The van der Waals surface area contributed by atoms with Gasteiger partial charge in [0.2, 0.25) is 11.8 Å². The number of benzene rings is 2. The zero-order chi connectivity index (χ0) is 31.7. The highest BCUT2D eigenvalue weighted by atomic mass is 16.5. The molecule has 2 N–H and O–H groups in total. The highest BCUT2D eigenvalue weighted by molar-refractivity contribution is 5.83. The van der Waals surface area contributed by atoms with Gasteiger partial charge in [-0.3, -0.25) is 19.2 Å². The second kappa shape index (κ2) is 12.6. The van der Waals surface area contributed by atoms with Crippen molar-refractivity contribution in [3.05, 3.63) is 46.5 Å². The molecule has 6 rings (SSSR count). The van der Waals surface area contributed by atoms with Crippen molar-refractivity contribution in [2.45, 2.75) is 50.6 Å². The number of aliphatic carboxylic acids is 2. The van der Waals surface area contributed by atoms with Gasteiger partial charge in [-0.05, 0) is 72.2 Å². The lowest BCUT2D eigenvalue weighted by Crippen LogP contribution is -2.48. The van der Waals surface area contributed by atoms with E-state index in [1.165, 1.54) is 0 Å². The molecule has 4 aliphatic heterocycles. The average molecular weight is 611 g/mol. The number of carboxylic acid groups (broad SMARTS) is 2. The number of rotatable bonds is 6. The minimum atomic E-state index is -0.856. The van der Waals surface area contributed by atoms with Crippen molar-refractivity contribution in [3.8, 4) is 23.0 Å². The standard InChI is InChI=1S/2C16H19NO5/c2*1-21-12-7-9-5-6-17-14(18)4-3-10(16(19)20)15(17)11(9)8-13(12)22-2/h2*7-8,10,15H,3-6H2,1-2H3,(H,19,20)/t2*10-,15-/m00/s1. The zero-order valence-electron chi connectivity index (χ0n) is 25.3. The summed E-state index contributed by atoms with van der Waals surface area (Å²) in [4.78, 5) is 51.0. The number of nitrogens with zero attached hydrogens (tertiary/aromatic N) is 2. The lowest BCUT2D eigenvalue weighted by atomic mass is 9.79. The first-order valence-corrected chi connectivity index (χ1v) is 14.7. The summed E-state index contributed by atoms with van der Waals surface area (Å²) in [5.74, 6) is -0.422. The van der Waals surface area contributed by atoms with Gasteiger partial charge >= 0.3 is 11.9 Å². The van der Waals surface area contributed by atoms with Crippen molar-refractivity contribution in [3.63, 3.8) is 0 Å². The van der Waals surface area contributed by atoms with E-state index < -0.39 is 35.9 Å². The van der Waals surface area contributed by atoms with E-state index in [1.54, 1.807) is 38.2 Å². The maximum absolute atomic E-state index is 12.2. The summed E-state index contributed by atoms with van der Waals surface area (Å²) < 4.78 is 21.3. The Bertz CT molecular complexity index is 1360. The third kappa shape index (κ3) is 5.48. The highest BCUT2D eigenvalue weighted by Crippen LogP contribution is 2.46. The van der Waals surface area contributed by atoms with E-state index in [4.69, 9.17) is 18.9 Å². The molecule has 2 fully saturated rings. The van der Waals surface area contributed by atoms with Crippen LogP contribution in [-0.2, 0) is 32.0 Å². The first kappa shape index (κ1) is 31.0. The van der Waals surface area contributed by atoms with Crippen molar-refractivity contribution in [2.24, 2.45) is 11.8 Å². The third-order valence-corrected chi connectivity index (χ3v) is 9.22. The largest absolute Gasteiger partial charge is 0.493 e. The van der Waals surface area contributed by atoms with E-state index in [2.05, 4.69) is 0 Å². The van der Waals surface area contributed by atoms with Gasteiger partial charge in [-0.15, -0.1) is 0 Å². The Balaban J connectivity index is 0.000000175. The van der Waals surface area contributed by atoms with Crippen LogP contribution in [0.4, 0.5) is 0 Å². The normalized spacial score (nSPS) is 23.5. The average Bonchev–Trinajstić information content (AvgIpc) is 3.03. The maximum Gasteiger partial charge on any atom is 0.308 e. The number of piperidine rings is 2. The monoisotopic (exact) mass is 610 g/mol. The van der Waals surface area contributed by atoms with Crippen molar-refractivity contribution in [1.82, 2.24) is 9.80 Å². The number of hydrogen-bond donors (Lipinski definition) is 2. The molecule has 2 aromatic carbocycles. The van der Waals surface area contributed by atoms with Gasteiger partial charge in [0.1, 0.15) is 0 Å². The lowest BCUT2D eigenvalue weighted by Gasteiger charge is -2.43. The second-order valence-electron chi connectivity index (χ2n) is 11.3. The minimum absolute atomic E-state index is 0.0305. The number of hydrogen-bond acceptors (Lipinski definition) is 8. The molecule has 0 aliphatic carbocycles. The van der Waals surface area contributed by atoms with Crippen LogP contribution in [0.5, 0.6) is 23.0 Å². The fourth-order valence-corrected chi connectivity index (χ4v) is 7.06. The fourth-order valence-electron chi connectivity index (χ4n) is 7.06. The van der Waals surface area contributed by atoms with Crippen LogP contribution in [0.1, 0.15) is 60.0 Å². The van der Waals surface area contributed by atoms with Gasteiger partial charge in [-0.1, -0.05) is 0 Å². The molecule has 2 saturated heterocycles. The van der Waals surface area contributed by atoms with Gasteiger partial charge in [0, 0.05) is 25.9 Å². The topological polar surface area (TPSA) is 152 Å². The molecule has 0 aromatic heterocycles. The molecule has 0 saturated carbocycles. The van der Waals surface area contributed by atoms with Crippen LogP contribution in [0.3, 0.4) is 0 Å². The minimum Gasteiger partial charge on any atom is -0.493 e. The zero-order valence-corrected chi connectivity index (χ0v) is 25.3. The van der Waals surface area contributed by atoms with Crippen molar-refractivity contribution < 1.29 is 48.3 Å². The van der Waals surface area contributed by atoms with E-state index in [0.717, 1.165) is 22.3 Å². The number of fused-ring (bicyclic) bond motifs is 6. The fraction of sp³-hybridized carbons (Fsp3) is 0.500. The molecule has 236 valence electrons. The van der Waals surface area contributed by atoms with Crippen LogP contribution >= 0.6 is 0 Å². The van der Waals surface area contributed by atoms with Crippen molar-refractivity contribution >= 4 is 23.8 Å². The van der Waals surface area contributed by atoms with E-state index in [9.17, 15) is 29.4 Å². The summed E-state index contributed by atoms with van der Waals surface area (Å²) in [5.41, 5.74) is 3.79. The first-order chi connectivity index (χ1) is 21.1. The molecule has 0 radical (unpaired) electrons. The summed E-state index contributed by atoms with van der Waals surface area (Å²) in [6.07, 6.45) is 2.76. The molecule has 0 unspecified atom stereocenters. The molecular formula is C32H38N2O10. The SMILES string of the molecule is COc1cc2c(cc1OC)[C@@H]1[C@@H](C(=O)O)CCC(=O)N1CC2.COc1cc2c(cc1OC)[C@@H]1[C@@H](C(=O)O)CCC(=O)N1CC2. The number of ether oxygens (including phenoxy) is 4. The lowest BCUT2D eigenvalue weighted by molar-refractivity contribution is -0.154. The molecule has 4 aliphatic rings. The van der Waals surface area contributed by atoms with E-state index in [-0.39, 0.29) is 11.8 Å². The molecule has 0 bridgehead atoms. The molecule has 12 nitrogen and oxygen atoms in total. The number of amides is 2. The van der Waals surface area contributed by atoms with Crippen LogP contribution in [-0.4, -0.2) is 85.3 Å². The highest BCUT2D eigenvalue weighted by Gasteiger charge is 2.45. The van der Waals surface area contributed by atoms with Gasteiger partial charge in [0.05, 0.1) is 52.4 Å². The predicted molar refractivity (Wildman–Crippen MR) is 156 cm³/mol. The van der Waals surface area contributed by atoms with Crippen LogP contribution in [0.25, 0.3) is 0 Å². The van der Waals surface area contributed by atoms with Crippen molar-refractivity contribution in [1.29, 1.82) is 0 Å². The van der Waals surface area contributed by atoms with Crippen molar-refractivity contribution in [2.75, 3.05) is 41.5 Å². The third-order valence-electron chi connectivity index (χ3n) is 9.22. The Kier molecular flexibility index (Phi) is 8.89. The summed E-state index contributed by atoms with van der Waals surface area (Å²) >= 11 is 0. The number of methoxy groups -OCH3 is 4. The Morgan fingerprint density at radius 3 is 1.27 bits per heavy atom. The van der Waals surface area contributed by atoms with Gasteiger partial charge in [-0.25, -0.2) is 0 Å². The second-order valence-corrected chi connectivity index (χ2v) is 11.3. The smallest absolute Gasteiger partial charge is 0.308 e. The molecule has 12 heteroatoms. The van der Waals surface area contributed by atoms with E-state index in [1.807, 2.05) is 24.3 Å². The molecule has 2 amide bonds. The summed E-state index contributed by atoms with van der Waals surface area (Å²) in [6.45, 7) is 1.10. The van der Waals surface area contributed by atoms with Crippen LogP contribution < -0.4 is 18.9 Å². The van der Waals surface area contributed by atoms with E-state index >= 15 is 0 Å². The molecular weight excluding hydrogens is 572 g/mol. The van der Waals surface area contributed by atoms with Gasteiger partial charge in [0.15, 0.2) is 23.0 Å². The van der Waals surface area contributed by atoms with Crippen LogP contribution in [0, 0.1) is 11.8 Å². The van der Waals surface area contributed by atoms with E-state index in [0.29, 0.717) is 74.6 Å². The van der Waals surface area contributed by atoms with Gasteiger partial charge in [0.25, 0.3) is 0 Å². The molecule has 2 aromatic rings. The Morgan fingerprint density at radius 2 is 0.955 bits per heavy atom. The van der Waals surface area contributed by atoms with Gasteiger partial charge in [-0.2, -0.15) is 0 Å². The number of carboxylic acids is 2. The van der Waals surface area contributed by atoms with Crippen LogP contribution in [0.15, 0.2) is 24.3 Å². The van der Waals surface area contributed by atoms with Crippen LogP contribution in [0.2, 0.25) is 0 Å². The van der Waals surface area contributed by atoms with Gasteiger partial charge < -0.3 is 39.0 Å². The molecule has 4 atom stereocenters. The Morgan fingerprint density at radius 1 is 0.614 bits per heavy atom. The predicted octanol–water partition coefficient (Wildman–Crippen LogP) is 3.25. The summed E-state index contributed by atoms with van der Waals surface area (Å²) in [7, 11) is 6.24. The Hall–Kier alpha value is -4.48. The molecule has 0 spiro atoms. The maximum atomic E-state index is 12.2. The summed E-state index contributed by atoms with van der Waals surface area (Å²) in [5, 5.41) is 19.0. The molecule has 4 heterocycles. The quantitative estimate of drug-likeness (QED) is 0.499. The summed E-state index contributed by atoms with van der Waals surface area (Å²) in [6, 6.07) is 6.59. The Labute approximate surface area is 255 Å². The number of carbonyl (C=O) groups excluding carboxylic acids is 2. The molecule has 44 heavy (non-hydrogen) atoms.